The largest absolute Gasteiger partial charge is 0.402 e. The highest BCUT2D eigenvalue weighted by atomic mass is 32.3. The molecule has 0 bridgehead atoms. The van der Waals surface area contributed by atoms with E-state index in [0.29, 0.717) is 6.61 Å². The lowest BCUT2D eigenvalue weighted by Gasteiger charge is -2.06. The third kappa shape index (κ3) is 4.04. The summed E-state index contributed by atoms with van der Waals surface area (Å²) in [6.45, 7) is 2.56. The number of rotatable bonds is 5. The molecule has 0 radical (unpaired) electrons. The van der Waals surface area contributed by atoms with Gasteiger partial charge in [0.1, 0.15) is 6.61 Å². The van der Waals surface area contributed by atoms with Crippen LogP contribution in [-0.4, -0.2) is 27.9 Å². The summed E-state index contributed by atoms with van der Waals surface area (Å²) in [7, 11) is -3.76. The predicted molar refractivity (Wildman–Crippen MR) is 45.2 cm³/mol. The van der Waals surface area contributed by atoms with Gasteiger partial charge in [-0.05, 0) is 6.42 Å². The van der Waals surface area contributed by atoms with Crippen LogP contribution in [0.3, 0.4) is 0 Å². The van der Waals surface area contributed by atoms with Gasteiger partial charge in [0.05, 0.1) is 0 Å². The first kappa shape index (κ1) is 10.9. The Morgan fingerprint density at radius 2 is 2.23 bits per heavy atom. The monoisotopic (exact) mass is 210 g/mol. The van der Waals surface area contributed by atoms with Crippen molar-refractivity contribution in [2.75, 3.05) is 13.2 Å². The van der Waals surface area contributed by atoms with Gasteiger partial charge >= 0.3 is 10.4 Å². The van der Waals surface area contributed by atoms with E-state index >= 15 is 0 Å². The third-order valence-corrected chi connectivity index (χ3v) is 2.50. The highest BCUT2D eigenvalue weighted by Gasteiger charge is 2.30. The van der Waals surface area contributed by atoms with Crippen molar-refractivity contribution in [1.82, 2.24) is 0 Å². The minimum Gasteiger partial charge on any atom is -0.349 e. The van der Waals surface area contributed by atoms with Crippen molar-refractivity contribution in [3.63, 3.8) is 0 Å². The molecule has 1 saturated heterocycles. The zero-order valence-electron chi connectivity index (χ0n) is 7.56. The molecule has 0 spiro atoms. The number of unbranched alkanes of at least 4 members (excludes halogenated alkanes) is 2. The van der Waals surface area contributed by atoms with Crippen LogP contribution < -0.4 is 0 Å². The van der Waals surface area contributed by atoms with Crippen molar-refractivity contribution >= 4 is 10.4 Å². The summed E-state index contributed by atoms with van der Waals surface area (Å²) < 4.78 is 35.1. The minimum absolute atomic E-state index is 0.0333. The fraction of sp³-hybridized carbons (Fsp3) is 1.00. The molecule has 13 heavy (non-hydrogen) atoms. The molecule has 0 saturated carbocycles. The first-order valence-corrected chi connectivity index (χ1v) is 5.66. The molecule has 0 aliphatic carbocycles. The molecular weight excluding hydrogens is 196 g/mol. The maximum atomic E-state index is 10.6. The average Bonchev–Trinajstić information content (AvgIpc) is 2.40. The van der Waals surface area contributed by atoms with E-state index in [4.69, 9.17) is 4.74 Å². The van der Waals surface area contributed by atoms with Crippen LogP contribution in [0.2, 0.25) is 0 Å². The van der Waals surface area contributed by atoms with Crippen LogP contribution in [0.1, 0.15) is 26.2 Å². The third-order valence-electron chi connectivity index (χ3n) is 1.63. The molecule has 78 valence electrons. The quantitative estimate of drug-likeness (QED) is 0.628. The summed E-state index contributed by atoms with van der Waals surface area (Å²) in [6, 6.07) is 0. The van der Waals surface area contributed by atoms with E-state index in [2.05, 4.69) is 15.3 Å². The number of hydrogen-bond donors (Lipinski definition) is 0. The normalized spacial score (nSPS) is 26.4. The number of ether oxygens (including phenoxy) is 1. The summed E-state index contributed by atoms with van der Waals surface area (Å²) in [6.07, 6.45) is 2.34. The molecule has 1 atom stereocenters. The van der Waals surface area contributed by atoms with Gasteiger partial charge in [-0.15, -0.1) is 0 Å². The van der Waals surface area contributed by atoms with Crippen molar-refractivity contribution in [3.05, 3.63) is 0 Å². The Morgan fingerprint density at radius 3 is 2.77 bits per heavy atom. The fourth-order valence-corrected chi connectivity index (χ4v) is 1.68. The van der Waals surface area contributed by atoms with Crippen LogP contribution >= 0.6 is 0 Å². The Kier molecular flexibility index (Phi) is 4.11. The summed E-state index contributed by atoms with van der Waals surface area (Å²) in [5, 5.41) is 0. The van der Waals surface area contributed by atoms with Gasteiger partial charge in [-0.2, -0.15) is 8.42 Å². The second-order valence-electron chi connectivity index (χ2n) is 2.80. The van der Waals surface area contributed by atoms with Crippen LogP contribution in [0.4, 0.5) is 0 Å². The molecule has 1 unspecified atom stereocenters. The van der Waals surface area contributed by atoms with Gasteiger partial charge < -0.3 is 4.74 Å². The van der Waals surface area contributed by atoms with Crippen molar-refractivity contribution in [2.24, 2.45) is 0 Å². The Hall–Kier alpha value is -0.170. The van der Waals surface area contributed by atoms with Gasteiger partial charge in [0.25, 0.3) is 0 Å². The standard InChI is InChI=1S/C7H14O5S/c1-2-3-4-5-10-7-6-11-13(8,9)12-7/h7H,2-6H2,1H3. The number of hydrogen-bond acceptors (Lipinski definition) is 5. The Morgan fingerprint density at radius 1 is 1.46 bits per heavy atom. The molecule has 1 aliphatic heterocycles. The van der Waals surface area contributed by atoms with Crippen LogP contribution in [0, 0.1) is 0 Å². The molecule has 6 heteroatoms. The van der Waals surface area contributed by atoms with Crippen molar-refractivity contribution in [2.45, 2.75) is 32.5 Å². The molecule has 1 heterocycles. The summed E-state index contributed by atoms with van der Waals surface area (Å²) >= 11 is 0. The Bertz CT molecular complexity index is 235. The molecule has 0 aromatic heterocycles. The van der Waals surface area contributed by atoms with Gasteiger partial charge in [0, 0.05) is 6.61 Å². The van der Waals surface area contributed by atoms with Gasteiger partial charge in [0.15, 0.2) is 0 Å². The van der Waals surface area contributed by atoms with E-state index < -0.39 is 16.7 Å². The first-order valence-electron chi connectivity index (χ1n) is 4.33. The zero-order chi connectivity index (χ0) is 9.73. The second-order valence-corrected chi connectivity index (χ2v) is 4.04. The fourth-order valence-electron chi connectivity index (χ4n) is 0.969. The molecule has 0 aromatic rings. The first-order chi connectivity index (χ1) is 6.14. The lowest BCUT2D eigenvalue weighted by atomic mass is 10.3. The highest BCUT2D eigenvalue weighted by Crippen LogP contribution is 2.13. The molecule has 1 rings (SSSR count). The predicted octanol–water partition coefficient (Wildman–Crippen LogP) is 0.811. The van der Waals surface area contributed by atoms with E-state index in [1.165, 1.54) is 0 Å². The minimum atomic E-state index is -3.76. The van der Waals surface area contributed by atoms with Crippen molar-refractivity contribution < 1.29 is 21.5 Å². The van der Waals surface area contributed by atoms with Crippen molar-refractivity contribution in [3.8, 4) is 0 Å². The maximum Gasteiger partial charge on any atom is 0.402 e. The molecule has 5 nitrogen and oxygen atoms in total. The average molecular weight is 210 g/mol. The molecule has 0 aromatic carbocycles. The lowest BCUT2D eigenvalue weighted by molar-refractivity contribution is -0.0670. The molecule has 1 aliphatic rings. The van der Waals surface area contributed by atoms with E-state index in [9.17, 15) is 8.42 Å². The maximum absolute atomic E-state index is 10.6. The molecule has 1 fully saturated rings. The van der Waals surface area contributed by atoms with Gasteiger partial charge in [0.2, 0.25) is 6.29 Å². The lowest BCUT2D eigenvalue weighted by Crippen LogP contribution is -2.15. The summed E-state index contributed by atoms with van der Waals surface area (Å²) in [5.41, 5.74) is 0. The smallest absolute Gasteiger partial charge is 0.349 e. The van der Waals surface area contributed by atoms with Gasteiger partial charge in [-0.25, -0.2) is 8.37 Å². The topological polar surface area (TPSA) is 61.8 Å². The van der Waals surface area contributed by atoms with Crippen LogP contribution in [0.5, 0.6) is 0 Å². The zero-order valence-corrected chi connectivity index (χ0v) is 8.38. The highest BCUT2D eigenvalue weighted by molar-refractivity contribution is 7.82. The van der Waals surface area contributed by atoms with Crippen LogP contribution in [-0.2, 0) is 23.5 Å². The second kappa shape index (κ2) is 4.90. The SMILES string of the molecule is CCCCCOC1COS(=O)(=O)O1. The van der Waals surface area contributed by atoms with E-state index in [-0.39, 0.29) is 6.61 Å². The van der Waals surface area contributed by atoms with E-state index in [1.807, 2.05) is 0 Å². The van der Waals surface area contributed by atoms with E-state index in [1.54, 1.807) is 0 Å². The van der Waals surface area contributed by atoms with Crippen LogP contribution in [0.25, 0.3) is 0 Å². The summed E-state index contributed by atoms with van der Waals surface area (Å²) in [4.78, 5) is 0. The molecular formula is C7H14O5S. The Labute approximate surface area is 78.3 Å². The van der Waals surface area contributed by atoms with Crippen molar-refractivity contribution in [1.29, 1.82) is 0 Å². The summed E-state index contributed by atoms with van der Waals surface area (Å²) in [5.74, 6) is 0. The van der Waals surface area contributed by atoms with Gasteiger partial charge in [-0.1, -0.05) is 19.8 Å². The Balaban J connectivity index is 2.11. The van der Waals surface area contributed by atoms with Gasteiger partial charge in [-0.3, -0.25) is 0 Å². The molecule has 0 amide bonds. The van der Waals surface area contributed by atoms with E-state index in [0.717, 1.165) is 19.3 Å². The van der Waals surface area contributed by atoms with Crippen LogP contribution in [0.15, 0.2) is 0 Å². The molecule has 0 N–H and O–H groups in total.